The van der Waals surface area contributed by atoms with Gasteiger partial charge in [-0.25, -0.2) is 9.79 Å². The number of carbonyl (C=O) groups is 1. The molecule has 2 saturated heterocycles. The van der Waals surface area contributed by atoms with Crippen molar-refractivity contribution in [1.29, 1.82) is 5.41 Å². The third-order valence-electron chi connectivity index (χ3n) is 11.1. The van der Waals surface area contributed by atoms with E-state index in [1.54, 1.807) is 0 Å². The van der Waals surface area contributed by atoms with Gasteiger partial charge in [-0.15, -0.1) is 10.2 Å². The van der Waals surface area contributed by atoms with E-state index in [9.17, 15) is 4.79 Å². The SMILES string of the molecule is CC1CCCC(C)N1c1nnc2ccc(OC3CCC(NC(=O)NC(CC(=N)C(C)(C)C)=Nc4cccc(CN5CCCC5)c4)c4ccccc43)cn12. The first-order valence-electron chi connectivity index (χ1n) is 19.4. The predicted octanol–water partition coefficient (Wildman–Crippen LogP) is 8.53. The number of anilines is 1. The molecule has 4 aromatic rings. The number of rotatable bonds is 9. The first-order valence-corrected chi connectivity index (χ1v) is 19.4. The maximum atomic E-state index is 13.7. The van der Waals surface area contributed by atoms with Crippen LogP contribution >= 0.6 is 0 Å². The fourth-order valence-corrected chi connectivity index (χ4v) is 8.06. The Hall–Kier alpha value is -4.77. The molecule has 0 radical (unpaired) electrons. The summed E-state index contributed by atoms with van der Waals surface area (Å²) in [5.74, 6) is 2.08. The number of urea groups is 1. The molecule has 3 aliphatic rings. The van der Waals surface area contributed by atoms with Crippen molar-refractivity contribution in [2.75, 3.05) is 18.0 Å². The second kappa shape index (κ2) is 15.7. The average molecular weight is 718 g/mol. The van der Waals surface area contributed by atoms with Crippen LogP contribution in [0.15, 0.2) is 71.9 Å². The predicted molar refractivity (Wildman–Crippen MR) is 212 cm³/mol. The van der Waals surface area contributed by atoms with E-state index in [1.165, 1.54) is 24.8 Å². The number of likely N-dealkylation sites (tertiary alicyclic amines) is 1. The lowest BCUT2D eigenvalue weighted by atomic mass is 9.85. The minimum Gasteiger partial charge on any atom is -0.484 e. The van der Waals surface area contributed by atoms with Gasteiger partial charge in [0, 0.05) is 30.8 Å². The maximum absolute atomic E-state index is 13.7. The quantitative estimate of drug-likeness (QED) is 0.118. The molecule has 11 heteroatoms. The van der Waals surface area contributed by atoms with Crippen molar-refractivity contribution < 1.29 is 9.53 Å². The van der Waals surface area contributed by atoms with E-state index in [2.05, 4.69) is 73.1 Å². The third kappa shape index (κ3) is 8.56. The number of fused-ring (bicyclic) bond motifs is 2. The van der Waals surface area contributed by atoms with Crippen LogP contribution < -0.4 is 20.3 Å². The van der Waals surface area contributed by atoms with Gasteiger partial charge in [0.1, 0.15) is 17.7 Å². The zero-order valence-corrected chi connectivity index (χ0v) is 31.9. The van der Waals surface area contributed by atoms with E-state index >= 15 is 0 Å². The number of aliphatic imine (C=N–C) groups is 1. The normalized spacial score (nSPS) is 22.4. The molecule has 4 atom stereocenters. The number of hydrogen-bond donors (Lipinski definition) is 3. The Morgan fingerprint density at radius 1 is 0.925 bits per heavy atom. The minimum absolute atomic E-state index is 0.172. The molecule has 4 unspecified atom stereocenters. The van der Waals surface area contributed by atoms with Crippen molar-refractivity contribution in [1.82, 2.24) is 30.1 Å². The number of amidine groups is 1. The van der Waals surface area contributed by atoms with Crippen LogP contribution in [0.25, 0.3) is 5.65 Å². The highest BCUT2D eigenvalue weighted by Gasteiger charge is 2.31. The Kier molecular flexibility index (Phi) is 10.8. The molecular weight excluding hydrogens is 663 g/mol. The molecule has 2 aromatic heterocycles. The molecule has 53 heavy (non-hydrogen) atoms. The van der Waals surface area contributed by atoms with Crippen molar-refractivity contribution >= 4 is 34.9 Å². The molecule has 2 fully saturated rings. The highest BCUT2D eigenvalue weighted by atomic mass is 16.5. The number of nitrogens with zero attached hydrogens (tertiary/aromatic N) is 6. The Morgan fingerprint density at radius 2 is 1.68 bits per heavy atom. The second-order valence-electron chi connectivity index (χ2n) is 16.2. The third-order valence-corrected chi connectivity index (χ3v) is 11.1. The second-order valence-corrected chi connectivity index (χ2v) is 16.2. The molecule has 7 rings (SSSR count). The number of piperidine rings is 1. The van der Waals surface area contributed by atoms with Gasteiger partial charge >= 0.3 is 6.03 Å². The van der Waals surface area contributed by atoms with Crippen molar-refractivity contribution in [2.24, 2.45) is 10.4 Å². The fraction of sp³-hybridized carbons (Fsp3) is 0.500. The van der Waals surface area contributed by atoms with Gasteiger partial charge in [-0.3, -0.25) is 14.6 Å². The molecule has 280 valence electrons. The van der Waals surface area contributed by atoms with E-state index in [0.717, 1.165) is 73.1 Å². The summed E-state index contributed by atoms with van der Waals surface area (Å²) >= 11 is 0. The summed E-state index contributed by atoms with van der Waals surface area (Å²) in [6.45, 7) is 13.7. The summed E-state index contributed by atoms with van der Waals surface area (Å²) < 4.78 is 8.75. The van der Waals surface area contributed by atoms with Gasteiger partial charge in [0.05, 0.1) is 17.9 Å². The van der Waals surface area contributed by atoms with Crippen molar-refractivity contribution in [2.45, 2.75) is 117 Å². The van der Waals surface area contributed by atoms with E-state index in [1.807, 2.05) is 63.4 Å². The molecule has 0 bridgehead atoms. The van der Waals surface area contributed by atoms with Crippen LogP contribution in [0.1, 0.15) is 115 Å². The molecular formula is C42H55N9O2. The number of benzene rings is 2. The Balaban J connectivity index is 1.06. The lowest BCUT2D eigenvalue weighted by Gasteiger charge is -2.39. The van der Waals surface area contributed by atoms with Crippen LogP contribution in [0, 0.1) is 10.8 Å². The van der Waals surface area contributed by atoms with Crippen molar-refractivity contribution in [3.05, 3.63) is 83.6 Å². The molecule has 4 heterocycles. The molecule has 11 nitrogen and oxygen atoms in total. The molecule has 0 spiro atoms. The summed E-state index contributed by atoms with van der Waals surface area (Å²) in [6, 6.07) is 20.6. The molecule has 1 aliphatic carbocycles. The monoisotopic (exact) mass is 717 g/mol. The summed E-state index contributed by atoms with van der Waals surface area (Å²) in [6.07, 6.45) is 9.53. The van der Waals surface area contributed by atoms with Gasteiger partial charge in [-0.05, 0) is 118 Å². The number of amides is 2. The molecule has 3 N–H and O–H groups in total. The maximum Gasteiger partial charge on any atom is 0.320 e. The summed E-state index contributed by atoms with van der Waals surface area (Å²) in [7, 11) is 0. The Labute approximate surface area is 313 Å². The van der Waals surface area contributed by atoms with E-state index in [-0.39, 0.29) is 30.0 Å². The van der Waals surface area contributed by atoms with E-state index in [0.29, 0.717) is 30.1 Å². The Bertz CT molecular complexity index is 1950. The van der Waals surface area contributed by atoms with Crippen LogP contribution in [-0.4, -0.2) is 62.2 Å². The summed E-state index contributed by atoms with van der Waals surface area (Å²) in [5.41, 5.74) is 5.03. The highest BCUT2D eigenvalue weighted by molar-refractivity contribution is 6.09. The molecule has 0 saturated carbocycles. The lowest BCUT2D eigenvalue weighted by Crippen LogP contribution is -2.44. The molecule has 2 aromatic carbocycles. The topological polar surface area (TPSA) is 123 Å². The van der Waals surface area contributed by atoms with Gasteiger partial charge in [-0.1, -0.05) is 57.2 Å². The average Bonchev–Trinajstić information content (AvgIpc) is 3.79. The first kappa shape index (κ1) is 36.6. The van der Waals surface area contributed by atoms with Crippen LogP contribution in [0.4, 0.5) is 16.4 Å². The Morgan fingerprint density at radius 3 is 2.43 bits per heavy atom. The number of hydrogen-bond acceptors (Lipinski definition) is 8. The number of pyridine rings is 1. The number of ether oxygens (including phenoxy) is 1. The van der Waals surface area contributed by atoms with Crippen LogP contribution in [0.2, 0.25) is 0 Å². The number of aromatic nitrogens is 3. The van der Waals surface area contributed by atoms with Gasteiger partial charge in [0.2, 0.25) is 5.95 Å². The standard InChI is InChI=1S/C42H55N9O2/c1-28-12-10-13-29(2)51(28)41-48-47-39-21-18-32(27-50(39)41)53-36-20-19-35(33-16-6-7-17-34(33)36)45-40(52)46-38(25-37(43)42(3,4)5)44-31-15-11-14-30(24-31)26-49-22-8-9-23-49/h6-7,11,14-18,21,24,27-29,35-36,43H,8-10,12-13,19-20,22-23,25-26H2,1-5H3,(H2,44,45,46,52). The van der Waals surface area contributed by atoms with Gasteiger partial charge in [0.25, 0.3) is 0 Å². The van der Waals surface area contributed by atoms with Gasteiger partial charge in [0.15, 0.2) is 5.65 Å². The first-order chi connectivity index (χ1) is 25.5. The van der Waals surface area contributed by atoms with Gasteiger partial charge in [-0.2, -0.15) is 0 Å². The van der Waals surface area contributed by atoms with Crippen LogP contribution in [0.3, 0.4) is 0 Å². The fourth-order valence-electron chi connectivity index (χ4n) is 8.06. The highest BCUT2D eigenvalue weighted by Crippen LogP contribution is 2.39. The lowest BCUT2D eigenvalue weighted by molar-refractivity contribution is 0.171. The molecule has 2 aliphatic heterocycles. The largest absolute Gasteiger partial charge is 0.484 e. The number of carbonyl (C=O) groups excluding carboxylic acids is 1. The zero-order valence-electron chi connectivity index (χ0n) is 31.9. The summed E-state index contributed by atoms with van der Waals surface area (Å²) in [5, 5.41) is 24.1. The summed E-state index contributed by atoms with van der Waals surface area (Å²) in [4.78, 5) is 23.4. The van der Waals surface area contributed by atoms with Gasteiger partial charge < -0.3 is 20.4 Å². The van der Waals surface area contributed by atoms with Crippen molar-refractivity contribution in [3.63, 3.8) is 0 Å². The smallest absolute Gasteiger partial charge is 0.320 e. The zero-order chi connectivity index (χ0) is 37.1. The van der Waals surface area contributed by atoms with Crippen LogP contribution in [-0.2, 0) is 6.54 Å². The number of nitrogens with one attached hydrogen (secondary N) is 3. The molecule has 2 amide bonds. The van der Waals surface area contributed by atoms with E-state index in [4.69, 9.17) is 15.1 Å². The van der Waals surface area contributed by atoms with Crippen LogP contribution in [0.5, 0.6) is 5.75 Å². The van der Waals surface area contributed by atoms with Crippen molar-refractivity contribution in [3.8, 4) is 5.75 Å². The van der Waals surface area contributed by atoms with E-state index < -0.39 is 0 Å². The minimum atomic E-state index is -0.348.